The van der Waals surface area contributed by atoms with Gasteiger partial charge in [-0.1, -0.05) is 57.4 Å². The lowest BCUT2D eigenvalue weighted by molar-refractivity contribution is 0.671. The van der Waals surface area contributed by atoms with Gasteiger partial charge in [0.2, 0.25) is 0 Å². The van der Waals surface area contributed by atoms with Gasteiger partial charge in [-0.15, -0.1) is 0 Å². The molecule has 2 rings (SSSR count). The maximum atomic E-state index is 2.51. The number of rotatable bonds is 1. The molecule has 0 bridgehead atoms. The highest BCUT2D eigenvalue weighted by atomic mass is 31.1. The van der Waals surface area contributed by atoms with Gasteiger partial charge in [0.05, 0.1) is 0 Å². The summed E-state index contributed by atoms with van der Waals surface area (Å²) in [4.78, 5) is 0. The minimum absolute atomic E-state index is 0.282. The van der Waals surface area contributed by atoms with E-state index in [4.69, 9.17) is 0 Å². The second kappa shape index (κ2) is 5.33. The molecular formula is C16H32P2. The maximum Gasteiger partial charge on any atom is -0.0136 e. The van der Waals surface area contributed by atoms with Crippen molar-refractivity contribution in [2.75, 3.05) is 12.3 Å². The van der Waals surface area contributed by atoms with E-state index in [2.05, 4.69) is 41.5 Å². The van der Waals surface area contributed by atoms with Gasteiger partial charge in [-0.05, 0) is 59.6 Å². The molecule has 4 atom stereocenters. The van der Waals surface area contributed by atoms with Crippen LogP contribution < -0.4 is 0 Å². The Kier molecular flexibility index (Phi) is 4.52. The molecule has 0 radical (unpaired) electrons. The van der Waals surface area contributed by atoms with Gasteiger partial charge in [-0.25, -0.2) is 0 Å². The Morgan fingerprint density at radius 3 is 1.28 bits per heavy atom. The number of hydrogen-bond donors (Lipinski definition) is 0. The zero-order valence-corrected chi connectivity index (χ0v) is 15.1. The standard InChI is InChI=1S/C16H32P2/c1-15(2,3)17-11-7-9-13(17)14-10-8-12-18(14)16(4,5)6/h13-14H,7-12H2,1-6H3/t13-,14?,17?,18?/m0/s1. The molecule has 0 nitrogen and oxygen atoms in total. The Labute approximate surface area is 117 Å². The predicted octanol–water partition coefficient (Wildman–Crippen LogP) is 5.87. The third-order valence-electron chi connectivity index (χ3n) is 4.77. The van der Waals surface area contributed by atoms with Crippen LogP contribution in [-0.4, -0.2) is 34.0 Å². The molecule has 2 aliphatic rings. The third-order valence-corrected chi connectivity index (χ3v) is 12.9. The van der Waals surface area contributed by atoms with Gasteiger partial charge in [-0.3, -0.25) is 0 Å². The predicted molar refractivity (Wildman–Crippen MR) is 89.1 cm³/mol. The molecule has 0 aromatic heterocycles. The molecule has 2 heterocycles. The van der Waals surface area contributed by atoms with E-state index in [9.17, 15) is 0 Å². The maximum absolute atomic E-state index is 2.51. The molecule has 0 N–H and O–H groups in total. The Morgan fingerprint density at radius 1 is 0.667 bits per heavy atom. The van der Waals surface area contributed by atoms with Crippen LogP contribution in [0.3, 0.4) is 0 Å². The molecule has 2 aliphatic heterocycles. The summed E-state index contributed by atoms with van der Waals surface area (Å²) in [6.07, 6.45) is 9.29. The molecule has 0 spiro atoms. The third kappa shape index (κ3) is 3.12. The van der Waals surface area contributed by atoms with Crippen LogP contribution in [0.1, 0.15) is 67.2 Å². The second-order valence-electron chi connectivity index (χ2n) is 8.15. The lowest BCUT2D eigenvalue weighted by atomic mass is 10.1. The largest absolute Gasteiger partial charge is 0.0974 e. The fourth-order valence-electron chi connectivity index (χ4n) is 4.05. The normalized spacial score (nSPS) is 38.3. The van der Waals surface area contributed by atoms with E-state index >= 15 is 0 Å². The Bertz CT molecular complexity index is 254. The summed E-state index contributed by atoms with van der Waals surface area (Å²) in [6.45, 7) is 15.0. The van der Waals surface area contributed by atoms with Crippen molar-refractivity contribution < 1.29 is 0 Å². The highest BCUT2D eigenvalue weighted by Gasteiger charge is 2.46. The van der Waals surface area contributed by atoms with Crippen LogP contribution in [-0.2, 0) is 0 Å². The Hall–Kier alpha value is 0.860. The first-order chi connectivity index (χ1) is 8.21. The van der Waals surface area contributed by atoms with E-state index in [1.54, 1.807) is 25.2 Å². The van der Waals surface area contributed by atoms with E-state index in [0.29, 0.717) is 10.3 Å². The first-order valence-corrected chi connectivity index (χ1v) is 10.9. The Morgan fingerprint density at radius 2 is 1.00 bits per heavy atom. The molecule has 2 saturated heterocycles. The summed E-state index contributed by atoms with van der Waals surface area (Å²) in [6, 6.07) is 0. The summed E-state index contributed by atoms with van der Waals surface area (Å²) >= 11 is 0. The first kappa shape index (κ1) is 15.3. The van der Waals surface area contributed by atoms with Crippen LogP contribution in [0.2, 0.25) is 0 Å². The lowest BCUT2D eigenvalue weighted by Gasteiger charge is -2.42. The molecule has 0 amide bonds. The summed E-state index contributed by atoms with van der Waals surface area (Å²) in [5.74, 6) is 0. The van der Waals surface area contributed by atoms with Crippen molar-refractivity contribution in [1.82, 2.24) is 0 Å². The zero-order valence-electron chi connectivity index (χ0n) is 13.3. The highest BCUT2D eigenvalue weighted by Crippen LogP contribution is 2.69. The molecule has 3 unspecified atom stereocenters. The van der Waals surface area contributed by atoms with Crippen molar-refractivity contribution in [3.8, 4) is 0 Å². The highest BCUT2D eigenvalue weighted by molar-refractivity contribution is 7.64. The topological polar surface area (TPSA) is 0 Å². The molecule has 106 valence electrons. The average Bonchev–Trinajstić information content (AvgIpc) is 2.83. The SMILES string of the molecule is CC(C)(C)P1CCCC1[C@@H]1CCCP1C(C)(C)C. The van der Waals surface area contributed by atoms with E-state index in [1.807, 2.05) is 0 Å². The zero-order chi connectivity index (χ0) is 13.6. The van der Waals surface area contributed by atoms with Crippen LogP contribution in [0.5, 0.6) is 0 Å². The van der Waals surface area contributed by atoms with E-state index in [1.165, 1.54) is 12.8 Å². The van der Waals surface area contributed by atoms with Gasteiger partial charge in [0.25, 0.3) is 0 Å². The van der Waals surface area contributed by atoms with Crippen molar-refractivity contribution >= 4 is 15.8 Å². The first-order valence-electron chi connectivity index (χ1n) is 7.75. The van der Waals surface area contributed by atoms with Gasteiger partial charge < -0.3 is 0 Å². The minimum Gasteiger partial charge on any atom is -0.0974 e. The van der Waals surface area contributed by atoms with Crippen molar-refractivity contribution in [3.05, 3.63) is 0 Å². The van der Waals surface area contributed by atoms with Crippen molar-refractivity contribution in [2.24, 2.45) is 0 Å². The van der Waals surface area contributed by atoms with Crippen LogP contribution >= 0.6 is 15.8 Å². The van der Waals surface area contributed by atoms with Crippen LogP contribution in [0, 0.1) is 0 Å². The lowest BCUT2D eigenvalue weighted by Crippen LogP contribution is -2.29. The summed E-state index contributed by atoms with van der Waals surface area (Å²) in [5, 5.41) is 1.19. The fraction of sp³-hybridized carbons (Fsp3) is 1.00. The second-order valence-corrected chi connectivity index (χ2v) is 14.9. The molecule has 0 aromatic carbocycles. The Balaban J connectivity index is 2.15. The summed E-state index contributed by atoms with van der Waals surface area (Å²) in [7, 11) is 0.564. The molecule has 2 heteroatoms. The van der Waals surface area contributed by atoms with Gasteiger partial charge in [0, 0.05) is 0 Å². The monoisotopic (exact) mass is 286 g/mol. The quantitative estimate of drug-likeness (QED) is 0.529. The fourth-order valence-corrected chi connectivity index (χ4v) is 12.2. The van der Waals surface area contributed by atoms with E-state index in [0.717, 1.165) is 11.3 Å². The van der Waals surface area contributed by atoms with Gasteiger partial charge >= 0.3 is 0 Å². The molecule has 2 fully saturated rings. The van der Waals surface area contributed by atoms with Crippen LogP contribution in [0.4, 0.5) is 0 Å². The summed E-state index contributed by atoms with van der Waals surface area (Å²) < 4.78 is 0. The summed E-state index contributed by atoms with van der Waals surface area (Å²) in [5.41, 5.74) is 2.24. The van der Waals surface area contributed by atoms with Crippen molar-refractivity contribution in [1.29, 1.82) is 0 Å². The minimum atomic E-state index is 0.282. The van der Waals surface area contributed by atoms with Gasteiger partial charge in [0.15, 0.2) is 0 Å². The molecular weight excluding hydrogens is 254 g/mol. The average molecular weight is 286 g/mol. The van der Waals surface area contributed by atoms with Crippen molar-refractivity contribution in [2.45, 2.75) is 88.9 Å². The molecule has 0 aromatic rings. The van der Waals surface area contributed by atoms with Crippen LogP contribution in [0.25, 0.3) is 0 Å². The van der Waals surface area contributed by atoms with Gasteiger partial charge in [0.1, 0.15) is 0 Å². The number of hydrogen-bond acceptors (Lipinski definition) is 0. The van der Waals surface area contributed by atoms with E-state index < -0.39 is 0 Å². The molecule has 0 saturated carbocycles. The van der Waals surface area contributed by atoms with E-state index in [-0.39, 0.29) is 15.8 Å². The smallest absolute Gasteiger partial charge is 0.0136 e. The van der Waals surface area contributed by atoms with Gasteiger partial charge in [-0.2, -0.15) is 0 Å². The molecule has 18 heavy (non-hydrogen) atoms. The molecule has 0 aliphatic carbocycles. The van der Waals surface area contributed by atoms with Crippen LogP contribution in [0.15, 0.2) is 0 Å². The van der Waals surface area contributed by atoms with Crippen molar-refractivity contribution in [3.63, 3.8) is 0 Å².